The largest absolute Gasteiger partial charge is 0.0809 e. The molecule has 0 aromatic heterocycles. The van der Waals surface area contributed by atoms with E-state index in [0.29, 0.717) is 0 Å². The van der Waals surface area contributed by atoms with E-state index in [0.717, 1.165) is 11.6 Å². The van der Waals surface area contributed by atoms with Crippen molar-refractivity contribution in [2.24, 2.45) is 0 Å². The average molecular weight is 141 g/mol. The van der Waals surface area contributed by atoms with Crippen LogP contribution < -0.4 is 0 Å². The molecule has 1 rings (SSSR count). The summed E-state index contributed by atoms with van der Waals surface area (Å²) in [6.45, 7) is 2.07. The smallest absolute Gasteiger partial charge is 0.0728 e. The molecule has 0 N–H and O–H groups in total. The second kappa shape index (κ2) is 2.14. The lowest BCUT2D eigenvalue weighted by Gasteiger charge is -2.16. The molecule has 0 spiro atoms. The van der Waals surface area contributed by atoms with Crippen LogP contribution in [0.2, 0.25) is 19.6 Å². The van der Waals surface area contributed by atoms with Gasteiger partial charge in [0.1, 0.15) is 0 Å². The van der Waals surface area contributed by atoms with E-state index in [9.17, 15) is 0 Å². The number of hydrogen-bond donors (Lipinski definition) is 0. The molecular formula is C8H14Si. The maximum atomic E-state index is 7.43. The van der Waals surface area contributed by atoms with Crippen LogP contribution in [0.25, 0.3) is 0 Å². The SMILES string of the molecule is [2H]C([2H])([2H])[Si](C)(C)C1=CC=CC1. The topological polar surface area (TPSA) is 0 Å². The van der Waals surface area contributed by atoms with Gasteiger partial charge in [-0.1, -0.05) is 43.0 Å². The predicted octanol–water partition coefficient (Wildman–Crippen LogP) is 2.75. The van der Waals surface area contributed by atoms with Gasteiger partial charge in [-0.3, -0.25) is 0 Å². The number of rotatable bonds is 1. The molecule has 1 aliphatic rings. The minimum atomic E-state index is -2.17. The fraction of sp³-hybridized carbons (Fsp3) is 0.500. The predicted molar refractivity (Wildman–Crippen MR) is 45.2 cm³/mol. The van der Waals surface area contributed by atoms with Crippen molar-refractivity contribution >= 4 is 8.07 Å². The monoisotopic (exact) mass is 141 g/mol. The van der Waals surface area contributed by atoms with Crippen LogP contribution in [0.15, 0.2) is 23.4 Å². The second-order valence-electron chi connectivity index (χ2n) is 2.95. The molecule has 0 aromatic carbocycles. The van der Waals surface area contributed by atoms with E-state index < -0.39 is 14.5 Å². The highest BCUT2D eigenvalue weighted by molar-refractivity contribution is 6.83. The fourth-order valence-electron chi connectivity index (χ4n) is 0.911. The molecule has 0 saturated carbocycles. The summed E-state index contributed by atoms with van der Waals surface area (Å²) in [6, 6.07) is 0. The van der Waals surface area contributed by atoms with Crippen LogP contribution in [0.1, 0.15) is 10.5 Å². The Morgan fingerprint density at radius 2 is 2.44 bits per heavy atom. The third-order valence-electron chi connectivity index (χ3n) is 1.57. The highest BCUT2D eigenvalue weighted by Crippen LogP contribution is 2.21. The molecule has 0 aliphatic heterocycles. The molecule has 0 aromatic rings. The van der Waals surface area contributed by atoms with Crippen LogP contribution >= 0.6 is 0 Å². The van der Waals surface area contributed by atoms with Crippen molar-refractivity contribution in [1.82, 2.24) is 0 Å². The second-order valence-corrected chi connectivity index (χ2v) is 6.84. The Kier molecular flexibility index (Phi) is 0.896. The summed E-state index contributed by atoms with van der Waals surface area (Å²) in [4.78, 5) is 0. The zero-order valence-corrected chi connectivity index (χ0v) is 6.94. The summed E-state index contributed by atoms with van der Waals surface area (Å²) < 4.78 is 22.3. The highest BCUT2D eigenvalue weighted by atomic mass is 28.3. The molecule has 0 heterocycles. The molecule has 0 unspecified atom stereocenters. The number of hydrogen-bond acceptors (Lipinski definition) is 0. The lowest BCUT2D eigenvalue weighted by molar-refractivity contribution is 1.35. The van der Waals surface area contributed by atoms with Gasteiger partial charge in [0.25, 0.3) is 0 Å². The Morgan fingerprint density at radius 3 is 2.89 bits per heavy atom. The first-order valence-corrected chi connectivity index (χ1v) is 6.22. The van der Waals surface area contributed by atoms with Gasteiger partial charge < -0.3 is 0 Å². The Hall–Kier alpha value is -0.303. The van der Waals surface area contributed by atoms with Gasteiger partial charge in [-0.25, -0.2) is 0 Å². The molecule has 0 fully saturated rings. The minimum Gasteiger partial charge on any atom is -0.0809 e. The van der Waals surface area contributed by atoms with Crippen molar-refractivity contribution in [3.8, 4) is 0 Å². The van der Waals surface area contributed by atoms with Crippen LogP contribution in [0.4, 0.5) is 0 Å². The van der Waals surface area contributed by atoms with E-state index in [2.05, 4.69) is 0 Å². The summed E-state index contributed by atoms with van der Waals surface area (Å²) in [5, 5.41) is 1.14. The molecule has 1 heteroatoms. The van der Waals surface area contributed by atoms with Gasteiger partial charge in [0.05, 0.1) is 8.07 Å². The molecule has 0 bridgehead atoms. The van der Waals surface area contributed by atoms with Crippen molar-refractivity contribution < 1.29 is 4.11 Å². The molecule has 9 heavy (non-hydrogen) atoms. The lowest BCUT2D eigenvalue weighted by Crippen LogP contribution is -2.22. The highest BCUT2D eigenvalue weighted by Gasteiger charge is 2.18. The minimum absolute atomic E-state index is 0.845. The van der Waals surface area contributed by atoms with Gasteiger partial charge in [0.15, 0.2) is 0 Å². The van der Waals surface area contributed by atoms with E-state index in [1.54, 1.807) is 0 Å². The van der Waals surface area contributed by atoms with E-state index in [-0.39, 0.29) is 0 Å². The molecule has 0 nitrogen and oxygen atoms in total. The van der Waals surface area contributed by atoms with Gasteiger partial charge in [-0.15, -0.1) is 0 Å². The van der Waals surface area contributed by atoms with Gasteiger partial charge in [-0.2, -0.15) is 0 Å². The molecule has 0 amide bonds. The van der Waals surface area contributed by atoms with Crippen LogP contribution in [-0.2, 0) is 0 Å². The van der Waals surface area contributed by atoms with Gasteiger partial charge in [0.2, 0.25) is 0 Å². The van der Waals surface area contributed by atoms with Crippen LogP contribution in [-0.4, -0.2) is 8.07 Å². The summed E-state index contributed by atoms with van der Waals surface area (Å²) in [7, 11) is -2.17. The third kappa shape index (κ3) is 1.55. The van der Waals surface area contributed by atoms with E-state index >= 15 is 0 Å². The van der Waals surface area contributed by atoms with Crippen LogP contribution in [0.5, 0.6) is 0 Å². The molecule has 1 aliphatic carbocycles. The summed E-state index contributed by atoms with van der Waals surface area (Å²) >= 11 is 0. The molecule has 0 radical (unpaired) electrons. The number of allylic oxidation sites excluding steroid dienone is 4. The summed E-state index contributed by atoms with van der Waals surface area (Å²) in [6.07, 6.45) is 6.79. The van der Waals surface area contributed by atoms with Crippen molar-refractivity contribution in [2.75, 3.05) is 0 Å². The molecular weight excluding hydrogens is 124 g/mol. The standard InChI is InChI=1S/C8H14Si/c1-9(2,3)8-6-4-5-7-8/h4-6H,7H2,1-3H3/i1D3. The van der Waals surface area contributed by atoms with E-state index in [4.69, 9.17) is 4.11 Å². The first-order valence-electron chi connectivity index (χ1n) is 4.72. The van der Waals surface area contributed by atoms with Gasteiger partial charge in [0, 0.05) is 4.11 Å². The zero-order valence-electron chi connectivity index (χ0n) is 8.94. The maximum absolute atomic E-state index is 7.43. The van der Waals surface area contributed by atoms with Crippen molar-refractivity contribution in [3.63, 3.8) is 0 Å². The van der Waals surface area contributed by atoms with Crippen molar-refractivity contribution in [2.45, 2.75) is 26.0 Å². The molecule has 0 atom stereocenters. The van der Waals surface area contributed by atoms with Gasteiger partial charge in [-0.05, 0) is 6.42 Å². The average Bonchev–Trinajstić information content (AvgIpc) is 2.34. The Morgan fingerprint density at radius 1 is 1.67 bits per heavy atom. The normalized spacial score (nSPS) is 24.7. The van der Waals surface area contributed by atoms with E-state index in [1.165, 1.54) is 0 Å². The zero-order chi connectivity index (χ0) is 9.41. The Bertz CT molecular complexity index is 235. The third-order valence-corrected chi connectivity index (χ3v) is 3.55. The molecule has 50 valence electrons. The fourth-order valence-corrected chi connectivity index (χ4v) is 2.05. The Labute approximate surface area is 62.5 Å². The molecule has 0 saturated heterocycles. The van der Waals surface area contributed by atoms with Crippen molar-refractivity contribution in [1.29, 1.82) is 0 Å². The quantitative estimate of drug-likeness (QED) is 0.493. The van der Waals surface area contributed by atoms with Crippen LogP contribution in [0.3, 0.4) is 0 Å². The summed E-state index contributed by atoms with van der Waals surface area (Å²) in [5.41, 5.74) is 0. The maximum Gasteiger partial charge on any atom is 0.0728 e. The first kappa shape index (κ1) is 3.77. The Balaban J connectivity index is 2.86. The van der Waals surface area contributed by atoms with Gasteiger partial charge >= 0.3 is 0 Å². The lowest BCUT2D eigenvalue weighted by atomic mass is 10.5. The first-order chi connectivity index (χ1) is 5.36. The van der Waals surface area contributed by atoms with Crippen LogP contribution in [0, 0.1) is 0 Å². The van der Waals surface area contributed by atoms with Crippen molar-refractivity contribution in [3.05, 3.63) is 23.4 Å². The summed E-state index contributed by atoms with van der Waals surface area (Å²) in [5.74, 6) is 0. The van der Waals surface area contributed by atoms with E-state index in [1.807, 2.05) is 31.3 Å².